The van der Waals surface area contributed by atoms with E-state index >= 15 is 0 Å². The summed E-state index contributed by atoms with van der Waals surface area (Å²) in [5.41, 5.74) is 6.26. The molecular formula is C24H54ClNO3Si. The molecule has 0 aromatic carbocycles. The second kappa shape index (κ2) is 24.0. The maximum Gasteiger partial charge on any atom is 0.500 e. The van der Waals surface area contributed by atoms with Crippen molar-refractivity contribution in [1.29, 1.82) is 0 Å². The van der Waals surface area contributed by atoms with Gasteiger partial charge in [0.25, 0.3) is 0 Å². The van der Waals surface area contributed by atoms with Crippen molar-refractivity contribution in [2.45, 2.75) is 135 Å². The third-order valence-electron chi connectivity index (χ3n) is 6.18. The highest BCUT2D eigenvalue weighted by Crippen LogP contribution is 2.18. The number of unbranched alkanes of at least 4 members (excludes halogenated alkanes) is 15. The maximum absolute atomic E-state index is 6.26. The fraction of sp³-hybridized carbons (Fsp3) is 1.00. The molecule has 0 saturated carbocycles. The summed E-state index contributed by atoms with van der Waals surface area (Å²) in [7, 11) is 2.55. The van der Waals surface area contributed by atoms with E-state index in [4.69, 9.17) is 19.0 Å². The van der Waals surface area contributed by atoms with E-state index in [9.17, 15) is 0 Å². The Bertz CT molecular complexity index is 325. The minimum atomic E-state index is -2.45. The van der Waals surface area contributed by atoms with Crippen LogP contribution in [0.4, 0.5) is 0 Å². The van der Waals surface area contributed by atoms with E-state index in [-0.39, 0.29) is 18.4 Å². The van der Waals surface area contributed by atoms with Crippen LogP contribution < -0.4 is 5.73 Å². The Morgan fingerprint density at radius 2 is 0.900 bits per heavy atom. The number of halogens is 1. The molecule has 184 valence electrons. The van der Waals surface area contributed by atoms with Crippen molar-refractivity contribution in [3.63, 3.8) is 0 Å². The Morgan fingerprint density at radius 1 is 0.567 bits per heavy atom. The van der Waals surface area contributed by atoms with Crippen LogP contribution in [0, 0.1) is 0 Å². The van der Waals surface area contributed by atoms with Gasteiger partial charge in [-0.25, -0.2) is 0 Å². The summed E-state index contributed by atoms with van der Waals surface area (Å²) in [6, 6.07) is 1.03. The van der Waals surface area contributed by atoms with Crippen molar-refractivity contribution >= 4 is 21.2 Å². The SMILES string of the molecule is CCCCCCCCCCCCCCCCCCC(N)CC[Si](OC)(OC)OC.Cl. The van der Waals surface area contributed by atoms with Crippen molar-refractivity contribution < 1.29 is 13.3 Å². The minimum Gasteiger partial charge on any atom is -0.377 e. The van der Waals surface area contributed by atoms with Gasteiger partial charge in [0.2, 0.25) is 0 Å². The molecule has 0 aliphatic heterocycles. The van der Waals surface area contributed by atoms with Crippen LogP contribution in [-0.4, -0.2) is 36.2 Å². The molecule has 0 bridgehead atoms. The normalized spacial score (nSPS) is 12.7. The molecule has 2 N–H and O–H groups in total. The van der Waals surface area contributed by atoms with Gasteiger partial charge in [-0.2, -0.15) is 0 Å². The predicted molar refractivity (Wildman–Crippen MR) is 136 cm³/mol. The standard InChI is InChI=1S/C24H53NO3Si.ClH/c1-5-6-7-8-9-10-11-12-13-14-15-16-17-18-19-20-21-24(25)22-23-29(26-2,27-3)28-4;/h24H,5-23,25H2,1-4H3;1H. The van der Waals surface area contributed by atoms with Gasteiger partial charge < -0.3 is 19.0 Å². The smallest absolute Gasteiger partial charge is 0.377 e. The molecule has 4 nitrogen and oxygen atoms in total. The molecule has 0 radical (unpaired) electrons. The zero-order valence-corrected chi connectivity index (χ0v) is 22.5. The summed E-state index contributed by atoms with van der Waals surface area (Å²) in [6.07, 6.45) is 24.5. The fourth-order valence-corrected chi connectivity index (χ4v) is 5.85. The summed E-state index contributed by atoms with van der Waals surface area (Å²) < 4.78 is 16.4. The lowest BCUT2D eigenvalue weighted by atomic mass is 10.0. The van der Waals surface area contributed by atoms with Crippen LogP contribution in [0.2, 0.25) is 6.04 Å². The van der Waals surface area contributed by atoms with Gasteiger partial charge in [0.05, 0.1) is 0 Å². The molecule has 6 heteroatoms. The monoisotopic (exact) mass is 467 g/mol. The van der Waals surface area contributed by atoms with Gasteiger partial charge in [-0.1, -0.05) is 110 Å². The second-order valence-electron chi connectivity index (χ2n) is 8.69. The topological polar surface area (TPSA) is 53.7 Å². The molecular weight excluding hydrogens is 414 g/mol. The highest BCUT2D eigenvalue weighted by Gasteiger charge is 2.37. The molecule has 0 spiro atoms. The first kappa shape index (κ1) is 32.5. The first-order valence-electron chi connectivity index (χ1n) is 12.5. The average molecular weight is 468 g/mol. The van der Waals surface area contributed by atoms with Crippen molar-refractivity contribution in [3.05, 3.63) is 0 Å². The lowest BCUT2D eigenvalue weighted by molar-refractivity contribution is 0.122. The summed E-state index contributed by atoms with van der Waals surface area (Å²) >= 11 is 0. The first-order valence-corrected chi connectivity index (χ1v) is 14.5. The quantitative estimate of drug-likeness (QED) is 0.124. The van der Waals surface area contributed by atoms with Gasteiger partial charge in [-0.05, 0) is 12.8 Å². The van der Waals surface area contributed by atoms with Gasteiger partial charge in [-0.15, -0.1) is 12.4 Å². The van der Waals surface area contributed by atoms with Crippen LogP contribution in [0.15, 0.2) is 0 Å². The van der Waals surface area contributed by atoms with Gasteiger partial charge in [0, 0.05) is 33.4 Å². The largest absolute Gasteiger partial charge is 0.500 e. The molecule has 0 aliphatic rings. The highest BCUT2D eigenvalue weighted by atomic mass is 35.5. The Morgan fingerprint density at radius 3 is 1.23 bits per heavy atom. The van der Waals surface area contributed by atoms with Crippen LogP contribution in [-0.2, 0) is 13.3 Å². The minimum absolute atomic E-state index is 0. The summed E-state index contributed by atoms with van der Waals surface area (Å²) in [5, 5.41) is 0. The molecule has 0 aliphatic carbocycles. The van der Waals surface area contributed by atoms with Crippen LogP contribution >= 0.6 is 12.4 Å². The lowest BCUT2D eigenvalue weighted by Gasteiger charge is -2.25. The van der Waals surface area contributed by atoms with E-state index < -0.39 is 8.80 Å². The molecule has 0 rings (SSSR count). The van der Waals surface area contributed by atoms with E-state index in [0.717, 1.165) is 18.9 Å². The Balaban J connectivity index is 0. The maximum atomic E-state index is 6.26. The van der Waals surface area contributed by atoms with Crippen molar-refractivity contribution in [1.82, 2.24) is 0 Å². The van der Waals surface area contributed by atoms with Gasteiger partial charge >= 0.3 is 8.80 Å². The number of nitrogens with two attached hydrogens (primary N) is 1. The Hall–Kier alpha value is 0.347. The van der Waals surface area contributed by atoms with E-state index in [1.54, 1.807) is 21.3 Å². The number of rotatable bonds is 23. The lowest BCUT2D eigenvalue weighted by Crippen LogP contribution is -2.43. The fourth-order valence-electron chi connectivity index (χ4n) is 4.02. The van der Waals surface area contributed by atoms with Crippen molar-refractivity contribution in [2.75, 3.05) is 21.3 Å². The van der Waals surface area contributed by atoms with Crippen LogP contribution in [0.1, 0.15) is 122 Å². The molecule has 0 aromatic rings. The van der Waals surface area contributed by atoms with Gasteiger partial charge in [0.15, 0.2) is 0 Å². The summed E-state index contributed by atoms with van der Waals surface area (Å²) in [6.45, 7) is 2.29. The number of hydrogen-bond donors (Lipinski definition) is 1. The van der Waals surface area contributed by atoms with Gasteiger partial charge in [0.1, 0.15) is 0 Å². The van der Waals surface area contributed by atoms with E-state index in [1.165, 1.54) is 103 Å². The van der Waals surface area contributed by atoms with Crippen molar-refractivity contribution in [2.24, 2.45) is 5.73 Å². The summed E-state index contributed by atoms with van der Waals surface area (Å²) in [4.78, 5) is 0. The molecule has 0 fully saturated rings. The van der Waals surface area contributed by atoms with Crippen LogP contribution in [0.3, 0.4) is 0 Å². The molecule has 0 aromatic heterocycles. The highest BCUT2D eigenvalue weighted by molar-refractivity contribution is 6.60. The molecule has 1 atom stereocenters. The molecule has 1 unspecified atom stereocenters. The predicted octanol–water partition coefficient (Wildman–Crippen LogP) is 7.66. The van der Waals surface area contributed by atoms with Crippen LogP contribution in [0.25, 0.3) is 0 Å². The zero-order valence-electron chi connectivity index (χ0n) is 20.7. The van der Waals surface area contributed by atoms with Gasteiger partial charge in [-0.3, -0.25) is 0 Å². The average Bonchev–Trinajstić information content (AvgIpc) is 2.75. The van der Waals surface area contributed by atoms with E-state index in [1.807, 2.05) is 0 Å². The Kier molecular flexibility index (Phi) is 26.0. The number of hydrogen-bond acceptors (Lipinski definition) is 4. The second-order valence-corrected chi connectivity index (χ2v) is 11.8. The molecule has 0 saturated heterocycles. The summed E-state index contributed by atoms with van der Waals surface area (Å²) in [5.74, 6) is 0. The third-order valence-corrected chi connectivity index (χ3v) is 8.95. The molecule has 0 amide bonds. The van der Waals surface area contributed by atoms with Crippen molar-refractivity contribution in [3.8, 4) is 0 Å². The zero-order chi connectivity index (χ0) is 21.6. The van der Waals surface area contributed by atoms with Crippen LogP contribution in [0.5, 0.6) is 0 Å². The third kappa shape index (κ3) is 19.1. The van der Waals surface area contributed by atoms with E-state index in [2.05, 4.69) is 6.92 Å². The molecule has 30 heavy (non-hydrogen) atoms. The Labute approximate surface area is 196 Å². The van der Waals surface area contributed by atoms with E-state index in [0.29, 0.717) is 0 Å². The first-order chi connectivity index (χ1) is 14.1. The molecule has 0 heterocycles.